The van der Waals surface area contributed by atoms with Gasteiger partial charge in [0.25, 0.3) is 0 Å². The van der Waals surface area contributed by atoms with Crippen molar-refractivity contribution in [3.63, 3.8) is 0 Å². The van der Waals surface area contributed by atoms with Crippen LogP contribution in [0, 0.1) is 0 Å². The first-order valence-corrected chi connectivity index (χ1v) is 1.32. The van der Waals surface area contributed by atoms with E-state index in [0.717, 1.165) is 0 Å². The molecule has 0 aliphatic carbocycles. The van der Waals surface area contributed by atoms with Gasteiger partial charge in [0.05, 0.1) is 0 Å². The summed E-state index contributed by atoms with van der Waals surface area (Å²) in [5, 5.41) is 0. The Morgan fingerprint density at radius 3 is 1.20 bits per heavy atom. The molecule has 5 heavy (non-hydrogen) atoms. The standard InChI is InChI=1S/C2H8N2.Mn/c3-1-2-4;/h1-4H2;. The van der Waals surface area contributed by atoms with Gasteiger partial charge in [0, 0.05) is 30.2 Å². The first kappa shape index (κ1) is 9.06. The summed E-state index contributed by atoms with van der Waals surface area (Å²) in [5.74, 6) is 0. The predicted octanol–water partition coefficient (Wildman–Crippen LogP) is -1.10. The maximum absolute atomic E-state index is 4.90. The van der Waals surface area contributed by atoms with Crippen molar-refractivity contribution < 1.29 is 17.1 Å². The molecule has 0 bridgehead atoms. The van der Waals surface area contributed by atoms with Gasteiger partial charge in [-0.1, -0.05) is 0 Å². The zero-order valence-electron chi connectivity index (χ0n) is 2.95. The minimum Gasteiger partial charge on any atom is -0.329 e. The van der Waals surface area contributed by atoms with Gasteiger partial charge in [-0.15, -0.1) is 0 Å². The van der Waals surface area contributed by atoms with E-state index in [2.05, 4.69) is 0 Å². The van der Waals surface area contributed by atoms with Crippen molar-refractivity contribution >= 4 is 0 Å². The van der Waals surface area contributed by atoms with E-state index in [4.69, 9.17) is 11.5 Å². The molecule has 0 amide bonds. The number of nitrogens with two attached hydrogens (primary N) is 2. The Morgan fingerprint density at radius 1 is 1.00 bits per heavy atom. The molecule has 0 atom stereocenters. The Kier molecular flexibility index (Phi) is 16.0. The van der Waals surface area contributed by atoms with E-state index < -0.39 is 0 Å². The molecule has 0 saturated heterocycles. The van der Waals surface area contributed by atoms with E-state index in [9.17, 15) is 0 Å². The van der Waals surface area contributed by atoms with Gasteiger partial charge in [0.2, 0.25) is 0 Å². The molecule has 0 aliphatic rings. The van der Waals surface area contributed by atoms with Crippen LogP contribution in [0.25, 0.3) is 0 Å². The van der Waals surface area contributed by atoms with Gasteiger partial charge in [-0.25, -0.2) is 0 Å². The molecule has 0 fully saturated rings. The molecule has 0 aliphatic heterocycles. The summed E-state index contributed by atoms with van der Waals surface area (Å²) in [4.78, 5) is 0. The summed E-state index contributed by atoms with van der Waals surface area (Å²) >= 11 is 0. The number of rotatable bonds is 1. The molecule has 0 heterocycles. The molecule has 1 radical (unpaired) electrons. The summed E-state index contributed by atoms with van der Waals surface area (Å²) in [7, 11) is 0. The van der Waals surface area contributed by atoms with Gasteiger partial charge in [0.1, 0.15) is 0 Å². The molecule has 0 aromatic rings. The quantitative estimate of drug-likeness (QED) is 0.426. The topological polar surface area (TPSA) is 52.0 Å². The van der Waals surface area contributed by atoms with Crippen molar-refractivity contribution in [2.75, 3.05) is 13.1 Å². The first-order chi connectivity index (χ1) is 1.91. The second kappa shape index (κ2) is 8.83. The molecule has 0 saturated carbocycles. The molecule has 0 unspecified atom stereocenters. The summed E-state index contributed by atoms with van der Waals surface area (Å²) < 4.78 is 0. The molecule has 0 rings (SSSR count). The van der Waals surface area contributed by atoms with E-state index in [1.807, 2.05) is 0 Å². The van der Waals surface area contributed by atoms with Gasteiger partial charge < -0.3 is 11.5 Å². The molecule has 3 heteroatoms. The Hall–Kier alpha value is 0.439. The van der Waals surface area contributed by atoms with E-state index in [1.165, 1.54) is 0 Å². The van der Waals surface area contributed by atoms with Crippen LogP contribution in [0.15, 0.2) is 0 Å². The smallest absolute Gasteiger partial charge is 0.00461 e. The van der Waals surface area contributed by atoms with Gasteiger partial charge in [-0.3, -0.25) is 0 Å². The number of hydrogen-bond acceptors (Lipinski definition) is 2. The van der Waals surface area contributed by atoms with Crippen LogP contribution in [0.4, 0.5) is 0 Å². The minimum absolute atomic E-state index is 0. The normalized spacial score (nSPS) is 6.00. The first-order valence-electron chi connectivity index (χ1n) is 1.32. The SMILES string of the molecule is NCCN.[Mn]. The second-order valence-corrected chi connectivity index (χ2v) is 0.577. The third-order valence-corrected chi connectivity index (χ3v) is 0.167. The molecular weight excluding hydrogens is 107 g/mol. The van der Waals surface area contributed by atoms with Crippen LogP contribution < -0.4 is 11.5 Å². The fourth-order valence-electron chi connectivity index (χ4n) is 0. The van der Waals surface area contributed by atoms with Crippen LogP contribution in [0.1, 0.15) is 0 Å². The van der Waals surface area contributed by atoms with Gasteiger partial charge in [0.15, 0.2) is 0 Å². The van der Waals surface area contributed by atoms with Crippen molar-refractivity contribution in [2.24, 2.45) is 11.5 Å². The Balaban J connectivity index is 0. The van der Waals surface area contributed by atoms with E-state index >= 15 is 0 Å². The van der Waals surface area contributed by atoms with Crippen molar-refractivity contribution in [3.8, 4) is 0 Å². The van der Waals surface area contributed by atoms with Crippen molar-refractivity contribution in [1.82, 2.24) is 0 Å². The largest absolute Gasteiger partial charge is 0.329 e. The van der Waals surface area contributed by atoms with Crippen LogP contribution in [-0.4, -0.2) is 13.1 Å². The summed E-state index contributed by atoms with van der Waals surface area (Å²) in [5.41, 5.74) is 9.81. The van der Waals surface area contributed by atoms with E-state index in [0.29, 0.717) is 13.1 Å². The predicted molar refractivity (Wildman–Crippen MR) is 18.1 cm³/mol. The maximum Gasteiger partial charge on any atom is 0.00461 e. The minimum atomic E-state index is 0. The van der Waals surface area contributed by atoms with E-state index in [1.54, 1.807) is 0 Å². The Labute approximate surface area is 42.4 Å². The third kappa shape index (κ3) is 12.8. The fraction of sp³-hybridized carbons (Fsp3) is 1.00. The third-order valence-electron chi connectivity index (χ3n) is 0.167. The van der Waals surface area contributed by atoms with Crippen LogP contribution in [0.3, 0.4) is 0 Å². The molecule has 33 valence electrons. The molecule has 0 aromatic heterocycles. The van der Waals surface area contributed by atoms with Crippen molar-refractivity contribution in [3.05, 3.63) is 0 Å². The van der Waals surface area contributed by atoms with Crippen LogP contribution in [0.2, 0.25) is 0 Å². The van der Waals surface area contributed by atoms with Gasteiger partial charge >= 0.3 is 0 Å². The maximum atomic E-state index is 4.90. The zero-order chi connectivity index (χ0) is 3.41. The zero-order valence-corrected chi connectivity index (χ0v) is 4.13. The van der Waals surface area contributed by atoms with Crippen molar-refractivity contribution in [1.29, 1.82) is 0 Å². The molecule has 2 nitrogen and oxygen atoms in total. The molecule has 0 aromatic carbocycles. The molecule has 0 spiro atoms. The fourth-order valence-corrected chi connectivity index (χ4v) is 0. The summed E-state index contributed by atoms with van der Waals surface area (Å²) in [6.45, 7) is 1.19. The number of hydrogen-bond donors (Lipinski definition) is 2. The van der Waals surface area contributed by atoms with Crippen LogP contribution in [0.5, 0.6) is 0 Å². The average Bonchev–Trinajstić information content (AvgIpc) is 1.37. The second-order valence-electron chi connectivity index (χ2n) is 0.577. The van der Waals surface area contributed by atoms with Crippen LogP contribution in [-0.2, 0) is 17.1 Å². The molecular formula is C2H8MnN2. The molecule has 4 N–H and O–H groups in total. The van der Waals surface area contributed by atoms with Gasteiger partial charge in [-0.2, -0.15) is 0 Å². The summed E-state index contributed by atoms with van der Waals surface area (Å²) in [6.07, 6.45) is 0. The monoisotopic (exact) mass is 115 g/mol. The van der Waals surface area contributed by atoms with Gasteiger partial charge in [-0.05, 0) is 0 Å². The Bertz CT molecular complexity index is 9.61. The average molecular weight is 115 g/mol. The van der Waals surface area contributed by atoms with Crippen molar-refractivity contribution in [2.45, 2.75) is 0 Å². The summed E-state index contributed by atoms with van der Waals surface area (Å²) in [6, 6.07) is 0. The van der Waals surface area contributed by atoms with E-state index in [-0.39, 0.29) is 17.1 Å². The Morgan fingerprint density at radius 2 is 1.20 bits per heavy atom. The van der Waals surface area contributed by atoms with Crippen LogP contribution >= 0.6 is 0 Å².